The number of nitrogens with zero attached hydrogens (tertiary/aromatic N) is 4. The molecule has 0 aliphatic rings. The van der Waals surface area contributed by atoms with Crippen molar-refractivity contribution in [2.75, 3.05) is 5.73 Å². The number of pyridine rings is 2. The Morgan fingerprint density at radius 3 is 2.90 bits per heavy atom. The Labute approximate surface area is 117 Å². The van der Waals surface area contributed by atoms with Crippen molar-refractivity contribution in [2.24, 2.45) is 0 Å². The Hall–Kier alpha value is -2.69. The van der Waals surface area contributed by atoms with E-state index in [1.54, 1.807) is 12.5 Å². The third-order valence-corrected chi connectivity index (χ3v) is 3.23. The second kappa shape index (κ2) is 5.13. The van der Waals surface area contributed by atoms with Gasteiger partial charge < -0.3 is 10.3 Å². The predicted molar refractivity (Wildman–Crippen MR) is 77.9 cm³/mol. The fourth-order valence-electron chi connectivity index (χ4n) is 2.14. The molecule has 2 N–H and O–H groups in total. The lowest BCUT2D eigenvalue weighted by molar-refractivity contribution is 0.773. The first-order valence-electron chi connectivity index (χ1n) is 6.36. The highest BCUT2D eigenvalue weighted by atomic mass is 15.1. The third kappa shape index (κ3) is 2.38. The monoisotopic (exact) mass is 265 g/mol. The zero-order valence-electron chi connectivity index (χ0n) is 11.2. The van der Waals surface area contributed by atoms with Crippen molar-refractivity contribution in [2.45, 2.75) is 13.5 Å². The molecule has 0 spiro atoms. The number of rotatable bonds is 3. The maximum absolute atomic E-state index is 5.74. The molecule has 0 aliphatic heterocycles. The van der Waals surface area contributed by atoms with Crippen molar-refractivity contribution < 1.29 is 0 Å². The molecule has 0 aliphatic carbocycles. The lowest BCUT2D eigenvalue weighted by Gasteiger charge is -2.09. The van der Waals surface area contributed by atoms with Crippen molar-refractivity contribution in [3.05, 3.63) is 60.4 Å². The van der Waals surface area contributed by atoms with Crippen molar-refractivity contribution >= 4 is 5.82 Å². The Morgan fingerprint density at radius 2 is 2.10 bits per heavy atom. The van der Waals surface area contributed by atoms with Crippen LogP contribution in [0.15, 0.2) is 49.2 Å². The van der Waals surface area contributed by atoms with Crippen LogP contribution in [-0.2, 0) is 6.54 Å². The van der Waals surface area contributed by atoms with E-state index in [1.165, 1.54) is 5.56 Å². The molecule has 100 valence electrons. The van der Waals surface area contributed by atoms with Gasteiger partial charge in [0.25, 0.3) is 0 Å². The van der Waals surface area contributed by atoms with Gasteiger partial charge in [-0.2, -0.15) is 0 Å². The minimum atomic E-state index is 0.504. The van der Waals surface area contributed by atoms with Crippen molar-refractivity contribution in [1.82, 2.24) is 19.5 Å². The molecule has 0 atom stereocenters. The first-order valence-corrected chi connectivity index (χ1v) is 6.36. The molecule has 0 aromatic carbocycles. The molecule has 5 heteroatoms. The van der Waals surface area contributed by atoms with Crippen LogP contribution in [-0.4, -0.2) is 19.5 Å². The Morgan fingerprint density at radius 1 is 1.20 bits per heavy atom. The largest absolute Gasteiger partial charge is 0.384 e. The van der Waals surface area contributed by atoms with Crippen LogP contribution in [0.1, 0.15) is 11.3 Å². The van der Waals surface area contributed by atoms with Crippen LogP contribution >= 0.6 is 0 Å². The SMILES string of the molecule is Cc1cccnc1Cn1cncc1-c1ccnc(N)c1. The van der Waals surface area contributed by atoms with E-state index in [2.05, 4.69) is 32.5 Å². The molecule has 0 unspecified atom stereocenters. The van der Waals surface area contributed by atoms with Gasteiger partial charge in [0.15, 0.2) is 0 Å². The molecule has 3 heterocycles. The molecule has 0 radical (unpaired) electrons. The van der Waals surface area contributed by atoms with Gasteiger partial charge in [-0.05, 0) is 30.7 Å². The summed E-state index contributed by atoms with van der Waals surface area (Å²) in [6.07, 6.45) is 7.14. The summed E-state index contributed by atoms with van der Waals surface area (Å²) in [5, 5.41) is 0. The normalized spacial score (nSPS) is 10.7. The summed E-state index contributed by atoms with van der Waals surface area (Å²) in [6, 6.07) is 7.77. The van der Waals surface area contributed by atoms with Crippen LogP contribution in [0.3, 0.4) is 0 Å². The summed E-state index contributed by atoms with van der Waals surface area (Å²) >= 11 is 0. The molecule has 0 saturated carbocycles. The number of anilines is 1. The summed E-state index contributed by atoms with van der Waals surface area (Å²) in [5.74, 6) is 0.504. The first-order chi connectivity index (χ1) is 9.74. The number of hydrogen-bond acceptors (Lipinski definition) is 4. The number of imidazole rings is 1. The minimum absolute atomic E-state index is 0.504. The summed E-state index contributed by atoms with van der Waals surface area (Å²) in [5.41, 5.74) is 9.95. The van der Waals surface area contributed by atoms with Gasteiger partial charge in [-0.25, -0.2) is 9.97 Å². The molecule has 0 bridgehead atoms. The maximum Gasteiger partial charge on any atom is 0.123 e. The van der Waals surface area contributed by atoms with Crippen LogP contribution in [0.2, 0.25) is 0 Å². The quantitative estimate of drug-likeness (QED) is 0.788. The molecular formula is C15H15N5. The maximum atomic E-state index is 5.74. The summed E-state index contributed by atoms with van der Waals surface area (Å²) in [7, 11) is 0. The first kappa shape index (κ1) is 12.3. The van der Waals surface area contributed by atoms with Crippen LogP contribution in [0, 0.1) is 6.92 Å². The lowest BCUT2D eigenvalue weighted by Crippen LogP contribution is -2.04. The number of aromatic nitrogens is 4. The molecule has 0 amide bonds. The summed E-state index contributed by atoms with van der Waals surface area (Å²) < 4.78 is 2.06. The van der Waals surface area contributed by atoms with Gasteiger partial charge in [-0.3, -0.25) is 4.98 Å². The second-order valence-electron chi connectivity index (χ2n) is 4.64. The van der Waals surface area contributed by atoms with Crippen molar-refractivity contribution in [3.8, 4) is 11.3 Å². The number of hydrogen-bond donors (Lipinski definition) is 1. The molecule has 20 heavy (non-hydrogen) atoms. The highest BCUT2D eigenvalue weighted by Gasteiger charge is 2.08. The van der Waals surface area contributed by atoms with E-state index >= 15 is 0 Å². The average Bonchev–Trinajstić information content (AvgIpc) is 2.90. The molecule has 3 aromatic rings. The number of nitrogen functional groups attached to an aromatic ring is 1. The van der Waals surface area contributed by atoms with Crippen LogP contribution in [0.25, 0.3) is 11.3 Å². The van der Waals surface area contributed by atoms with E-state index in [4.69, 9.17) is 5.73 Å². The third-order valence-electron chi connectivity index (χ3n) is 3.23. The standard InChI is InChI=1S/C15H15N5/c1-11-3-2-5-18-13(11)9-20-10-17-8-14(20)12-4-6-19-15(16)7-12/h2-8,10H,9H2,1H3,(H2,16,19). The Kier molecular flexibility index (Phi) is 3.16. The van der Waals surface area contributed by atoms with E-state index in [1.807, 2.05) is 30.6 Å². The van der Waals surface area contributed by atoms with E-state index in [9.17, 15) is 0 Å². The number of aryl methyl sites for hydroxylation is 1. The molecular weight excluding hydrogens is 250 g/mol. The molecule has 5 nitrogen and oxygen atoms in total. The van der Waals surface area contributed by atoms with Gasteiger partial charge in [0.1, 0.15) is 5.82 Å². The van der Waals surface area contributed by atoms with Crippen LogP contribution in [0.5, 0.6) is 0 Å². The van der Waals surface area contributed by atoms with Gasteiger partial charge in [0.05, 0.1) is 30.5 Å². The fraction of sp³-hybridized carbons (Fsp3) is 0.133. The van der Waals surface area contributed by atoms with Crippen molar-refractivity contribution in [3.63, 3.8) is 0 Å². The van der Waals surface area contributed by atoms with E-state index in [0.29, 0.717) is 12.4 Å². The highest BCUT2D eigenvalue weighted by molar-refractivity contribution is 5.61. The second-order valence-corrected chi connectivity index (χ2v) is 4.64. The Balaban J connectivity index is 1.97. The van der Waals surface area contributed by atoms with Crippen LogP contribution < -0.4 is 5.73 Å². The van der Waals surface area contributed by atoms with Gasteiger partial charge >= 0.3 is 0 Å². The lowest BCUT2D eigenvalue weighted by atomic mass is 10.2. The Bertz CT molecular complexity index is 732. The smallest absolute Gasteiger partial charge is 0.123 e. The van der Waals surface area contributed by atoms with Gasteiger partial charge in [0.2, 0.25) is 0 Å². The van der Waals surface area contributed by atoms with Gasteiger partial charge in [0, 0.05) is 18.0 Å². The molecule has 0 fully saturated rings. The highest BCUT2D eigenvalue weighted by Crippen LogP contribution is 2.21. The molecule has 0 saturated heterocycles. The van der Waals surface area contributed by atoms with Crippen molar-refractivity contribution in [1.29, 1.82) is 0 Å². The average molecular weight is 265 g/mol. The zero-order valence-corrected chi connectivity index (χ0v) is 11.2. The fourth-order valence-corrected chi connectivity index (χ4v) is 2.14. The summed E-state index contributed by atoms with van der Waals surface area (Å²) in [4.78, 5) is 12.7. The number of nitrogens with two attached hydrogens (primary N) is 1. The topological polar surface area (TPSA) is 69.6 Å². The minimum Gasteiger partial charge on any atom is -0.384 e. The zero-order chi connectivity index (χ0) is 13.9. The predicted octanol–water partition coefficient (Wildman–Crippen LogP) is 2.28. The van der Waals surface area contributed by atoms with E-state index < -0.39 is 0 Å². The van der Waals surface area contributed by atoms with E-state index in [-0.39, 0.29) is 0 Å². The van der Waals surface area contributed by atoms with Crippen LogP contribution in [0.4, 0.5) is 5.82 Å². The molecule has 3 aromatic heterocycles. The van der Waals surface area contributed by atoms with Gasteiger partial charge in [-0.1, -0.05) is 6.07 Å². The van der Waals surface area contributed by atoms with Gasteiger partial charge in [-0.15, -0.1) is 0 Å². The molecule has 3 rings (SSSR count). The summed E-state index contributed by atoms with van der Waals surface area (Å²) in [6.45, 7) is 2.74. The van der Waals surface area contributed by atoms with E-state index in [0.717, 1.165) is 17.0 Å².